The van der Waals surface area contributed by atoms with Gasteiger partial charge < -0.3 is 32.1 Å². The quantitative estimate of drug-likeness (QED) is 0.102. The maximum absolute atomic E-state index is 14.0. The van der Waals surface area contributed by atoms with E-state index in [1.807, 2.05) is 79.4 Å². The fraction of sp³-hybridized carbons (Fsp3) is 0.513. The number of unbranched alkanes of at least 4 members (excludes halogenated alkanes) is 1. The highest BCUT2D eigenvalue weighted by Gasteiger charge is 2.37. The predicted octanol–water partition coefficient (Wildman–Crippen LogP) is 2.06. The van der Waals surface area contributed by atoms with Gasteiger partial charge in [-0.25, -0.2) is 0 Å². The zero-order valence-electron chi connectivity index (χ0n) is 29.9. The highest BCUT2D eigenvalue weighted by molar-refractivity contribution is 5.95. The Bertz CT molecular complexity index is 1510. The molecule has 4 rings (SSSR count). The molecule has 0 saturated heterocycles. The summed E-state index contributed by atoms with van der Waals surface area (Å²) >= 11 is 0. The number of amides is 3. The molecule has 12 heteroatoms. The average Bonchev–Trinajstić information content (AvgIpc) is 3.66. The number of carboxylic acid groups (broad SMARTS) is 1. The molecule has 4 unspecified atom stereocenters. The Kier molecular flexibility index (Phi) is 14.9. The topological polar surface area (TPSA) is 188 Å². The maximum Gasteiger partial charge on any atom is 0.317 e. The van der Waals surface area contributed by atoms with E-state index in [1.165, 1.54) is 0 Å². The zero-order chi connectivity index (χ0) is 36.9. The van der Waals surface area contributed by atoms with Crippen LogP contribution in [-0.4, -0.2) is 102 Å². The van der Waals surface area contributed by atoms with Gasteiger partial charge in [0, 0.05) is 38.5 Å². The molecule has 0 fully saturated rings. The zero-order valence-corrected chi connectivity index (χ0v) is 29.9. The van der Waals surface area contributed by atoms with Crippen molar-refractivity contribution in [2.75, 3.05) is 39.3 Å². The Labute approximate surface area is 301 Å². The van der Waals surface area contributed by atoms with Gasteiger partial charge in [-0.05, 0) is 73.3 Å². The minimum Gasteiger partial charge on any atom is -0.480 e. The van der Waals surface area contributed by atoms with Crippen molar-refractivity contribution in [3.63, 3.8) is 0 Å². The molecule has 51 heavy (non-hydrogen) atoms. The lowest BCUT2D eigenvalue weighted by Crippen LogP contribution is -2.52. The van der Waals surface area contributed by atoms with Crippen molar-refractivity contribution < 1.29 is 29.1 Å². The summed E-state index contributed by atoms with van der Waals surface area (Å²) in [6, 6.07) is 16.3. The third-order valence-electron chi connectivity index (χ3n) is 9.52. The van der Waals surface area contributed by atoms with Gasteiger partial charge in [-0.2, -0.15) is 0 Å². The number of hydrogen-bond acceptors (Lipinski definition) is 8. The molecule has 0 saturated carbocycles. The fourth-order valence-electron chi connectivity index (χ4n) is 6.95. The second kappa shape index (κ2) is 19.3. The number of nitrogens with two attached hydrogens (primary N) is 2. The van der Waals surface area contributed by atoms with Crippen LogP contribution in [0.3, 0.4) is 0 Å². The summed E-state index contributed by atoms with van der Waals surface area (Å²) in [5, 5.41) is 15.1. The second-order valence-corrected chi connectivity index (χ2v) is 14.3. The van der Waals surface area contributed by atoms with Gasteiger partial charge in [-0.15, -0.1) is 0 Å². The van der Waals surface area contributed by atoms with Crippen molar-refractivity contribution >= 4 is 29.5 Å². The number of carbonyl (C=O) groups is 5. The Morgan fingerprint density at radius 2 is 1.35 bits per heavy atom. The van der Waals surface area contributed by atoms with Crippen LogP contribution in [0.5, 0.6) is 0 Å². The van der Waals surface area contributed by atoms with Crippen LogP contribution in [0, 0.1) is 11.8 Å². The van der Waals surface area contributed by atoms with Crippen LogP contribution in [0.2, 0.25) is 0 Å². The van der Waals surface area contributed by atoms with Gasteiger partial charge >= 0.3 is 5.97 Å². The summed E-state index contributed by atoms with van der Waals surface area (Å²) in [7, 11) is 0. The van der Waals surface area contributed by atoms with Crippen molar-refractivity contribution in [1.82, 2.24) is 20.4 Å². The van der Waals surface area contributed by atoms with Crippen LogP contribution in [0.1, 0.15) is 57.1 Å². The van der Waals surface area contributed by atoms with Gasteiger partial charge in [0.1, 0.15) is 6.04 Å². The van der Waals surface area contributed by atoms with E-state index < -0.39 is 35.9 Å². The molecular formula is C39H54N6O6. The van der Waals surface area contributed by atoms with Gasteiger partial charge in [0.05, 0.1) is 18.6 Å². The first kappa shape index (κ1) is 39.4. The van der Waals surface area contributed by atoms with Crippen molar-refractivity contribution in [2.45, 2.75) is 76.9 Å². The number of nitrogens with one attached hydrogen (secondary N) is 2. The summed E-state index contributed by atoms with van der Waals surface area (Å²) < 4.78 is 0. The highest BCUT2D eigenvalue weighted by atomic mass is 16.4. The molecule has 7 N–H and O–H groups in total. The average molecular weight is 703 g/mol. The standard InChI is InChI=1S/C39H54N6O6/c1-26(2)17-29(20-35(46)34(19-28-13-7-4-8-14-28)43-38(50)32(41)18-27-11-5-3-6-12-27)37(49)42-33(15-9-10-16-40)39(51)45-23-30-21-44(25-36(47)48)22-31(30)24-45/h3-8,11-14,26,29,32-34H,9-10,15-25,40-41H2,1-2H3,(H,42,49)(H,43,50)(H,47,48). The first-order valence-electron chi connectivity index (χ1n) is 18.0. The molecule has 0 spiro atoms. The molecule has 3 amide bonds. The van der Waals surface area contributed by atoms with E-state index in [2.05, 4.69) is 10.6 Å². The Morgan fingerprint density at radius 3 is 1.90 bits per heavy atom. The van der Waals surface area contributed by atoms with E-state index in [1.54, 1.807) is 4.90 Å². The number of ketones is 1. The first-order valence-corrected chi connectivity index (χ1v) is 18.0. The van der Waals surface area contributed by atoms with E-state index in [-0.39, 0.29) is 42.9 Å². The summed E-state index contributed by atoms with van der Waals surface area (Å²) in [5.74, 6) is -2.82. The molecule has 4 atom stereocenters. The maximum atomic E-state index is 14.0. The van der Waals surface area contributed by atoms with E-state index in [4.69, 9.17) is 11.5 Å². The van der Waals surface area contributed by atoms with Gasteiger partial charge in [0.25, 0.3) is 0 Å². The van der Waals surface area contributed by atoms with Gasteiger partial charge in [-0.1, -0.05) is 74.5 Å². The predicted molar refractivity (Wildman–Crippen MR) is 195 cm³/mol. The molecule has 0 radical (unpaired) electrons. The molecule has 0 aromatic heterocycles. The lowest BCUT2D eigenvalue weighted by molar-refractivity contribution is -0.138. The van der Waals surface area contributed by atoms with Gasteiger partial charge in [-0.3, -0.25) is 28.9 Å². The van der Waals surface area contributed by atoms with Crippen LogP contribution in [0.4, 0.5) is 0 Å². The Hall–Kier alpha value is -4.39. The number of carbonyl (C=O) groups excluding carboxylic acids is 4. The van der Waals surface area contributed by atoms with E-state index in [9.17, 15) is 29.1 Å². The Morgan fingerprint density at radius 1 is 0.784 bits per heavy atom. The third kappa shape index (κ3) is 12.1. The molecule has 2 heterocycles. The van der Waals surface area contributed by atoms with E-state index in [0.717, 1.165) is 22.3 Å². The first-order chi connectivity index (χ1) is 24.4. The summed E-state index contributed by atoms with van der Waals surface area (Å²) in [6.45, 7) is 6.17. The summed E-state index contributed by atoms with van der Waals surface area (Å²) in [4.78, 5) is 70.0. The van der Waals surface area contributed by atoms with E-state index >= 15 is 0 Å². The van der Waals surface area contributed by atoms with Crippen LogP contribution in [0.15, 0.2) is 71.8 Å². The lowest BCUT2D eigenvalue weighted by atomic mass is 9.88. The molecule has 12 nitrogen and oxygen atoms in total. The lowest BCUT2D eigenvalue weighted by Gasteiger charge is -2.29. The molecule has 2 aromatic carbocycles. The number of rotatable bonds is 20. The van der Waals surface area contributed by atoms with Crippen LogP contribution >= 0.6 is 0 Å². The number of Topliss-reactive ketones (excluding diaryl/α,β-unsaturated/α-hetero) is 1. The number of hydrogen-bond donors (Lipinski definition) is 5. The molecule has 0 aliphatic carbocycles. The normalized spacial score (nSPS) is 16.8. The third-order valence-corrected chi connectivity index (χ3v) is 9.52. The van der Waals surface area contributed by atoms with E-state index in [0.29, 0.717) is 64.8 Å². The highest BCUT2D eigenvalue weighted by Crippen LogP contribution is 2.27. The van der Waals surface area contributed by atoms with Crippen LogP contribution in [-0.2, 0) is 36.8 Å². The van der Waals surface area contributed by atoms with Crippen molar-refractivity contribution in [3.8, 4) is 0 Å². The van der Waals surface area contributed by atoms with Crippen molar-refractivity contribution in [3.05, 3.63) is 82.9 Å². The molecule has 2 aromatic rings. The number of benzene rings is 2. The van der Waals surface area contributed by atoms with Crippen LogP contribution < -0.4 is 22.1 Å². The monoisotopic (exact) mass is 702 g/mol. The Balaban J connectivity index is 1.45. The molecule has 2 aliphatic rings. The molecule has 0 bridgehead atoms. The number of aliphatic carboxylic acids is 1. The fourth-order valence-corrected chi connectivity index (χ4v) is 6.95. The minimum atomic E-state index is -0.898. The van der Waals surface area contributed by atoms with Crippen molar-refractivity contribution in [2.24, 2.45) is 23.3 Å². The SMILES string of the molecule is CC(C)CC(CC(=O)C(Cc1ccccc1)NC(=O)C(N)Cc1ccccc1)C(=O)NC(CCCCN)C(=O)N1CC2=C(CN(CC(=O)O)C2)C1. The summed E-state index contributed by atoms with van der Waals surface area (Å²) in [6.07, 6.45) is 2.60. The second-order valence-electron chi connectivity index (χ2n) is 14.3. The largest absolute Gasteiger partial charge is 0.480 e. The number of nitrogens with zero attached hydrogens (tertiary/aromatic N) is 2. The summed E-state index contributed by atoms with van der Waals surface area (Å²) in [5.41, 5.74) is 15.9. The molecule has 276 valence electrons. The molecule has 2 aliphatic heterocycles. The van der Waals surface area contributed by atoms with Gasteiger partial charge in [0.15, 0.2) is 5.78 Å². The number of carboxylic acids is 1. The smallest absolute Gasteiger partial charge is 0.317 e. The van der Waals surface area contributed by atoms with Gasteiger partial charge in [0.2, 0.25) is 17.7 Å². The van der Waals surface area contributed by atoms with Crippen LogP contribution in [0.25, 0.3) is 0 Å². The molecular weight excluding hydrogens is 648 g/mol. The van der Waals surface area contributed by atoms with Crippen molar-refractivity contribution in [1.29, 1.82) is 0 Å². The minimum absolute atomic E-state index is 0.0505.